The molecular formula is C31H39F3N3O10-. The number of nitrogens with one attached hydrogen (secondary N) is 1. The maximum absolute atomic E-state index is 12.5. The Morgan fingerprint density at radius 1 is 1.11 bits per heavy atom. The molecule has 2 aromatic rings. The molecule has 2 aliphatic rings. The molecule has 2 heterocycles. The Hall–Kier alpha value is -3.67. The Balaban J connectivity index is 1.27. The number of para-hydroxylation sites is 2. The summed E-state index contributed by atoms with van der Waals surface area (Å²) in [6.45, 7) is 2.17. The number of benzene rings is 2. The second kappa shape index (κ2) is 16.0. The molecule has 0 radical (unpaired) electrons. The standard InChI is InChI=1S/C31H40F3N3O10/c1-17(36-8-12-44-21-5-2-3-6-22(21)46-16-31(32,33)34)13-18-14-19-7-10-37(23(19)20(15-18)28(35)41)9-4-11-45-30-26(40)24(38)25(39)27(47-30)29(42)43/h2-3,5-6,14-15,17,24-27,30,36,38-40H,4,7-13,16H2,1H3,(H2,35,41)(H,42,43)/p-1/t17-,24+,25+,26-,27+,30-/m1/s1. The van der Waals surface area contributed by atoms with Crippen LogP contribution in [0.2, 0.25) is 0 Å². The average molecular weight is 671 g/mol. The minimum atomic E-state index is -4.47. The second-order valence-electron chi connectivity index (χ2n) is 11.5. The predicted molar refractivity (Wildman–Crippen MR) is 158 cm³/mol. The van der Waals surface area contributed by atoms with Crippen molar-refractivity contribution in [3.05, 3.63) is 53.1 Å². The Labute approximate surface area is 269 Å². The van der Waals surface area contributed by atoms with Gasteiger partial charge in [-0.2, -0.15) is 13.2 Å². The van der Waals surface area contributed by atoms with Crippen molar-refractivity contribution in [2.45, 2.75) is 69.1 Å². The average Bonchev–Trinajstić information content (AvgIpc) is 3.42. The molecule has 0 aliphatic carbocycles. The van der Waals surface area contributed by atoms with E-state index in [4.69, 9.17) is 24.7 Å². The molecular weight excluding hydrogens is 631 g/mol. The molecule has 0 aromatic heterocycles. The molecule has 1 saturated heterocycles. The van der Waals surface area contributed by atoms with E-state index in [0.29, 0.717) is 50.1 Å². The summed E-state index contributed by atoms with van der Waals surface area (Å²) in [7, 11) is 0. The van der Waals surface area contributed by atoms with Gasteiger partial charge in [-0.15, -0.1) is 0 Å². The number of amides is 1. The number of carbonyl (C=O) groups is 2. The van der Waals surface area contributed by atoms with Crippen LogP contribution in [0.1, 0.15) is 34.8 Å². The van der Waals surface area contributed by atoms with E-state index in [1.165, 1.54) is 12.1 Å². The summed E-state index contributed by atoms with van der Waals surface area (Å²) in [5.74, 6) is -2.14. The van der Waals surface area contributed by atoms with Crippen LogP contribution in [0.3, 0.4) is 0 Å². The Bertz CT molecular complexity index is 1380. The normalized spacial score (nSPS) is 23.3. The van der Waals surface area contributed by atoms with Crippen molar-refractivity contribution in [3.8, 4) is 11.5 Å². The first-order valence-corrected chi connectivity index (χ1v) is 15.1. The highest BCUT2D eigenvalue weighted by Gasteiger charge is 2.44. The third-order valence-electron chi connectivity index (χ3n) is 7.77. The van der Waals surface area contributed by atoms with E-state index in [-0.39, 0.29) is 30.8 Å². The predicted octanol–water partition coefficient (Wildman–Crippen LogP) is -0.347. The highest BCUT2D eigenvalue weighted by Crippen LogP contribution is 2.34. The highest BCUT2D eigenvalue weighted by molar-refractivity contribution is 6.00. The number of nitrogens with two attached hydrogens (primary N) is 1. The van der Waals surface area contributed by atoms with Crippen LogP contribution in [-0.2, 0) is 27.1 Å². The third-order valence-corrected chi connectivity index (χ3v) is 7.77. The zero-order valence-electron chi connectivity index (χ0n) is 25.7. The molecule has 0 unspecified atom stereocenters. The Kier molecular flexibility index (Phi) is 12.3. The topological polar surface area (TPSA) is 196 Å². The number of aliphatic hydroxyl groups excluding tert-OH is 3. The van der Waals surface area contributed by atoms with Gasteiger partial charge in [0.25, 0.3) is 5.91 Å². The number of primary amides is 1. The van der Waals surface area contributed by atoms with Crippen molar-refractivity contribution < 1.29 is 62.1 Å². The van der Waals surface area contributed by atoms with E-state index < -0.39 is 55.4 Å². The van der Waals surface area contributed by atoms with Crippen molar-refractivity contribution in [3.63, 3.8) is 0 Å². The van der Waals surface area contributed by atoms with E-state index in [1.54, 1.807) is 18.2 Å². The molecule has 47 heavy (non-hydrogen) atoms. The van der Waals surface area contributed by atoms with E-state index in [1.807, 2.05) is 17.9 Å². The second-order valence-corrected chi connectivity index (χ2v) is 11.5. The van der Waals surface area contributed by atoms with Gasteiger partial charge in [0.1, 0.15) is 31.0 Å². The lowest BCUT2D eigenvalue weighted by Gasteiger charge is -2.40. The summed E-state index contributed by atoms with van der Waals surface area (Å²) in [6, 6.07) is 9.85. The number of aliphatic hydroxyl groups is 3. The van der Waals surface area contributed by atoms with E-state index in [2.05, 4.69) is 5.32 Å². The molecule has 16 heteroatoms. The molecule has 1 fully saturated rings. The van der Waals surface area contributed by atoms with Crippen LogP contribution in [0.25, 0.3) is 0 Å². The molecule has 0 bridgehead atoms. The molecule has 4 rings (SSSR count). The van der Waals surface area contributed by atoms with Crippen LogP contribution in [0.15, 0.2) is 36.4 Å². The summed E-state index contributed by atoms with van der Waals surface area (Å²) in [4.78, 5) is 25.6. The molecule has 0 spiro atoms. The summed E-state index contributed by atoms with van der Waals surface area (Å²) >= 11 is 0. The van der Waals surface area contributed by atoms with Gasteiger partial charge in [-0.1, -0.05) is 18.2 Å². The largest absolute Gasteiger partial charge is 0.547 e. The van der Waals surface area contributed by atoms with Crippen molar-refractivity contribution in [2.24, 2.45) is 5.73 Å². The zero-order chi connectivity index (χ0) is 34.3. The number of carbonyl (C=O) groups excluding carboxylic acids is 2. The minimum absolute atomic E-state index is 0.000766. The van der Waals surface area contributed by atoms with Crippen molar-refractivity contribution >= 4 is 17.6 Å². The maximum Gasteiger partial charge on any atom is 0.422 e. The zero-order valence-corrected chi connectivity index (χ0v) is 25.7. The van der Waals surface area contributed by atoms with Crippen molar-refractivity contribution in [1.82, 2.24) is 5.32 Å². The van der Waals surface area contributed by atoms with Crippen LogP contribution in [0.4, 0.5) is 18.9 Å². The molecule has 2 aromatic carbocycles. The first-order chi connectivity index (χ1) is 22.2. The fraction of sp³-hybridized carbons (Fsp3) is 0.548. The summed E-state index contributed by atoms with van der Waals surface area (Å²) in [5.41, 5.74) is 8.67. The Morgan fingerprint density at radius 2 is 1.81 bits per heavy atom. The van der Waals surface area contributed by atoms with E-state index >= 15 is 0 Å². The lowest BCUT2D eigenvalue weighted by Crippen LogP contribution is -2.62. The number of carboxylic acid groups (broad SMARTS) is 1. The van der Waals surface area contributed by atoms with Gasteiger partial charge in [-0.3, -0.25) is 4.79 Å². The van der Waals surface area contributed by atoms with Gasteiger partial charge in [0.05, 0.1) is 23.8 Å². The number of anilines is 1. The number of carboxylic acids is 1. The lowest BCUT2D eigenvalue weighted by atomic mass is 9.98. The van der Waals surface area contributed by atoms with Crippen molar-refractivity contribution in [1.29, 1.82) is 0 Å². The van der Waals surface area contributed by atoms with Crippen LogP contribution < -0.4 is 30.5 Å². The molecule has 1 amide bonds. The monoisotopic (exact) mass is 670 g/mol. The number of hydrogen-bond acceptors (Lipinski definition) is 12. The SMILES string of the molecule is C[C@H](Cc1cc2c(c(C(N)=O)c1)N(CCCO[C@@H]1O[C@H](C(=O)[O-])[C@@H](O)[C@H](O)[C@H]1O)CC2)NCCOc1ccccc1OCC(F)(F)F. The summed E-state index contributed by atoms with van der Waals surface area (Å²) in [5, 5.41) is 44.3. The number of fused-ring (bicyclic) bond motifs is 1. The number of hydrogen-bond donors (Lipinski definition) is 5. The smallest absolute Gasteiger partial charge is 0.422 e. The quantitative estimate of drug-likeness (QED) is 0.146. The molecule has 260 valence electrons. The molecule has 2 aliphatic heterocycles. The third kappa shape index (κ3) is 9.68. The van der Waals surface area contributed by atoms with Gasteiger partial charge < -0.3 is 60.1 Å². The molecule has 0 saturated carbocycles. The van der Waals surface area contributed by atoms with E-state index in [9.17, 15) is 43.2 Å². The van der Waals surface area contributed by atoms with Gasteiger partial charge in [0.15, 0.2) is 24.4 Å². The fourth-order valence-corrected chi connectivity index (χ4v) is 5.60. The van der Waals surface area contributed by atoms with Gasteiger partial charge in [0.2, 0.25) is 0 Å². The number of rotatable bonds is 16. The molecule has 6 N–H and O–H groups in total. The highest BCUT2D eigenvalue weighted by atomic mass is 19.4. The van der Waals surface area contributed by atoms with Crippen LogP contribution in [0.5, 0.6) is 11.5 Å². The van der Waals surface area contributed by atoms with Gasteiger partial charge in [-0.05, 0) is 55.5 Å². The fourth-order valence-electron chi connectivity index (χ4n) is 5.60. The van der Waals surface area contributed by atoms with Crippen molar-refractivity contribution in [2.75, 3.05) is 44.4 Å². The van der Waals surface area contributed by atoms with E-state index in [0.717, 1.165) is 11.1 Å². The summed E-state index contributed by atoms with van der Waals surface area (Å²) < 4.78 is 58.6. The number of alkyl halides is 3. The number of ether oxygens (including phenoxy) is 4. The van der Waals surface area contributed by atoms with Gasteiger partial charge in [0, 0.05) is 25.7 Å². The summed E-state index contributed by atoms with van der Waals surface area (Å²) in [6.07, 6.45) is -11.5. The first-order valence-electron chi connectivity index (χ1n) is 15.1. The minimum Gasteiger partial charge on any atom is -0.547 e. The molecule has 13 nitrogen and oxygen atoms in total. The van der Waals surface area contributed by atoms with Crippen LogP contribution in [-0.4, -0.2) is 110 Å². The number of aliphatic carboxylic acids is 1. The first kappa shape index (κ1) is 36.2. The lowest BCUT2D eigenvalue weighted by molar-refractivity contribution is -0.349. The number of halogens is 3. The Morgan fingerprint density at radius 3 is 2.47 bits per heavy atom. The van der Waals surface area contributed by atoms with Crippen LogP contribution >= 0.6 is 0 Å². The molecule has 6 atom stereocenters. The van der Waals surface area contributed by atoms with Gasteiger partial charge >= 0.3 is 6.18 Å². The maximum atomic E-state index is 12.5. The van der Waals surface area contributed by atoms with Crippen LogP contribution in [0, 0.1) is 0 Å². The van der Waals surface area contributed by atoms with Gasteiger partial charge in [-0.25, -0.2) is 0 Å². The number of nitrogens with zero attached hydrogens (tertiary/aromatic N) is 1.